The van der Waals surface area contributed by atoms with Crippen LogP contribution in [-0.4, -0.2) is 34.2 Å². The van der Waals surface area contributed by atoms with Gasteiger partial charge in [0.1, 0.15) is 18.5 Å². The van der Waals surface area contributed by atoms with Crippen LogP contribution in [0.1, 0.15) is 16.8 Å². The molecule has 0 saturated heterocycles. The van der Waals surface area contributed by atoms with E-state index in [0.29, 0.717) is 5.69 Å². The second kappa shape index (κ2) is 10.9. The van der Waals surface area contributed by atoms with Crippen LogP contribution in [0.4, 0.5) is 9.18 Å². The van der Waals surface area contributed by atoms with Crippen LogP contribution in [0.3, 0.4) is 0 Å². The fourth-order valence-electron chi connectivity index (χ4n) is 2.60. The Kier molecular flexibility index (Phi) is 7.72. The molecule has 160 valence electrons. The number of carbonyl (C=O) groups excluding carboxylic acids is 2. The number of aromatic nitrogens is 2. The molecule has 0 bridgehead atoms. The fraction of sp³-hybridized carbons (Fsp3) is 0.143. The molecule has 1 atom stereocenters. The van der Waals surface area contributed by atoms with Crippen molar-refractivity contribution in [2.24, 2.45) is 5.10 Å². The number of aromatic amines is 1. The zero-order valence-corrected chi connectivity index (χ0v) is 17.0. The van der Waals surface area contributed by atoms with Crippen molar-refractivity contribution in [2.75, 3.05) is 0 Å². The van der Waals surface area contributed by atoms with Crippen LogP contribution in [0.5, 0.6) is 0 Å². The number of hydrazone groups is 1. The van der Waals surface area contributed by atoms with E-state index in [1.54, 1.807) is 0 Å². The number of benzene rings is 2. The first-order chi connectivity index (χ1) is 15.0. The molecule has 3 rings (SSSR count). The lowest BCUT2D eigenvalue weighted by Crippen LogP contribution is -2.47. The minimum absolute atomic E-state index is 0.0322. The number of rotatable bonds is 8. The molecule has 0 aliphatic carbocycles. The van der Waals surface area contributed by atoms with Crippen LogP contribution in [0, 0.1) is 5.82 Å². The number of hydrogen-bond donors (Lipinski definition) is 3. The average molecular weight is 444 g/mol. The maximum atomic E-state index is 13.8. The molecule has 10 heteroatoms. The lowest BCUT2D eigenvalue weighted by Gasteiger charge is -2.16. The van der Waals surface area contributed by atoms with Crippen molar-refractivity contribution in [3.05, 3.63) is 88.7 Å². The van der Waals surface area contributed by atoms with Gasteiger partial charge < -0.3 is 15.0 Å². The number of nitrogens with one attached hydrogen (secondary N) is 3. The van der Waals surface area contributed by atoms with Crippen molar-refractivity contribution in [1.29, 1.82) is 0 Å². The number of hydrogen-bond acceptors (Lipinski definition) is 5. The summed E-state index contributed by atoms with van der Waals surface area (Å²) in [6.45, 7) is 0.0506. The summed E-state index contributed by atoms with van der Waals surface area (Å²) in [6, 6.07) is 12.3. The van der Waals surface area contributed by atoms with Crippen molar-refractivity contribution >= 4 is 29.8 Å². The summed E-state index contributed by atoms with van der Waals surface area (Å²) in [5, 5.41) is 6.40. The summed E-state index contributed by atoms with van der Waals surface area (Å²) in [5.74, 6) is -1.21. The Morgan fingerprint density at radius 2 is 2.03 bits per heavy atom. The smallest absolute Gasteiger partial charge is 0.408 e. The zero-order chi connectivity index (χ0) is 22.1. The van der Waals surface area contributed by atoms with E-state index >= 15 is 0 Å². The molecule has 0 spiro atoms. The molecule has 0 radical (unpaired) electrons. The maximum absolute atomic E-state index is 13.8. The number of carbonyl (C=O) groups is 2. The monoisotopic (exact) mass is 443 g/mol. The van der Waals surface area contributed by atoms with Crippen LogP contribution in [-0.2, 0) is 22.6 Å². The second-order valence-corrected chi connectivity index (χ2v) is 6.82. The molecule has 3 N–H and O–H groups in total. The van der Waals surface area contributed by atoms with Crippen LogP contribution in [0.2, 0.25) is 5.02 Å². The third kappa shape index (κ3) is 6.65. The number of alkyl carbamates (subject to hydrolysis) is 1. The molecule has 2 aromatic carbocycles. The number of H-pyrrole nitrogens is 1. The molecule has 31 heavy (non-hydrogen) atoms. The maximum Gasteiger partial charge on any atom is 0.408 e. The Balaban J connectivity index is 1.62. The summed E-state index contributed by atoms with van der Waals surface area (Å²) in [6.07, 6.45) is 3.42. The Labute approximate surface area is 182 Å². The Morgan fingerprint density at radius 1 is 1.23 bits per heavy atom. The van der Waals surface area contributed by atoms with E-state index in [0.717, 1.165) is 11.8 Å². The topological polar surface area (TPSA) is 108 Å². The van der Waals surface area contributed by atoms with Gasteiger partial charge in [0.25, 0.3) is 5.91 Å². The molecule has 0 aliphatic rings. The zero-order valence-electron chi connectivity index (χ0n) is 16.2. The third-order valence-electron chi connectivity index (χ3n) is 4.17. The molecule has 8 nitrogen and oxygen atoms in total. The van der Waals surface area contributed by atoms with Crippen molar-refractivity contribution in [2.45, 2.75) is 19.1 Å². The van der Waals surface area contributed by atoms with Gasteiger partial charge >= 0.3 is 6.09 Å². The van der Waals surface area contributed by atoms with Crippen molar-refractivity contribution < 1.29 is 18.7 Å². The molecule has 0 unspecified atom stereocenters. The molecule has 1 aromatic heterocycles. The largest absolute Gasteiger partial charge is 0.445 e. The second-order valence-electron chi connectivity index (χ2n) is 6.41. The van der Waals surface area contributed by atoms with Crippen LogP contribution < -0.4 is 10.7 Å². The van der Waals surface area contributed by atoms with Gasteiger partial charge in [0, 0.05) is 23.9 Å². The van der Waals surface area contributed by atoms with E-state index in [-0.39, 0.29) is 23.6 Å². The molecule has 3 aromatic rings. The molecular weight excluding hydrogens is 425 g/mol. The van der Waals surface area contributed by atoms with Gasteiger partial charge in [0.15, 0.2) is 0 Å². The standard InChI is InChI=1S/C21H19ClFN5O3/c22-17-7-4-8-18(23)16(17)11-26-28-20(29)19(9-15-10-24-13-25-15)27-21(30)31-12-14-5-2-1-3-6-14/h1-8,10-11,13,19H,9,12H2,(H,24,25)(H,27,30)(H,28,29)/b26-11-/t19-/m0/s1. The minimum Gasteiger partial charge on any atom is -0.445 e. The number of nitrogens with zero attached hydrogens (tertiary/aromatic N) is 2. The van der Waals surface area contributed by atoms with Gasteiger partial charge in [-0.25, -0.2) is 19.6 Å². The van der Waals surface area contributed by atoms with Crippen LogP contribution in [0.15, 0.2) is 66.2 Å². The van der Waals surface area contributed by atoms with Crippen molar-refractivity contribution in [3.8, 4) is 0 Å². The summed E-state index contributed by atoms with van der Waals surface area (Å²) in [5.41, 5.74) is 3.73. The van der Waals surface area contributed by atoms with E-state index in [1.807, 2.05) is 30.3 Å². The van der Waals surface area contributed by atoms with Gasteiger partial charge in [-0.05, 0) is 17.7 Å². The molecule has 0 saturated carbocycles. The summed E-state index contributed by atoms with van der Waals surface area (Å²) in [7, 11) is 0. The summed E-state index contributed by atoms with van der Waals surface area (Å²) < 4.78 is 19.0. The first kappa shape index (κ1) is 22.0. The van der Waals surface area contributed by atoms with Crippen molar-refractivity contribution in [3.63, 3.8) is 0 Å². The number of amides is 2. The predicted molar refractivity (Wildman–Crippen MR) is 113 cm³/mol. The highest BCUT2D eigenvalue weighted by Crippen LogP contribution is 2.16. The Bertz CT molecular complexity index is 1020. The first-order valence-corrected chi connectivity index (χ1v) is 9.62. The van der Waals surface area contributed by atoms with E-state index in [1.165, 1.54) is 30.7 Å². The molecule has 0 aliphatic heterocycles. The van der Waals surface area contributed by atoms with Crippen LogP contribution >= 0.6 is 11.6 Å². The highest BCUT2D eigenvalue weighted by Gasteiger charge is 2.22. The van der Waals surface area contributed by atoms with Gasteiger partial charge in [0.2, 0.25) is 0 Å². The third-order valence-corrected chi connectivity index (χ3v) is 4.50. The van der Waals surface area contributed by atoms with E-state index < -0.39 is 23.9 Å². The molecule has 2 amide bonds. The van der Waals surface area contributed by atoms with Gasteiger partial charge in [-0.1, -0.05) is 48.0 Å². The normalized spacial score (nSPS) is 11.8. The average Bonchev–Trinajstić information content (AvgIpc) is 3.28. The first-order valence-electron chi connectivity index (χ1n) is 9.24. The molecule has 1 heterocycles. The number of ether oxygens (including phenoxy) is 1. The number of halogens is 2. The van der Waals surface area contributed by atoms with Gasteiger partial charge in [-0.2, -0.15) is 5.10 Å². The van der Waals surface area contributed by atoms with E-state index in [2.05, 4.69) is 25.8 Å². The highest BCUT2D eigenvalue weighted by molar-refractivity contribution is 6.33. The lowest BCUT2D eigenvalue weighted by atomic mass is 10.1. The Hall–Kier alpha value is -3.72. The van der Waals surface area contributed by atoms with Gasteiger partial charge in [-0.3, -0.25) is 4.79 Å². The van der Waals surface area contributed by atoms with E-state index in [4.69, 9.17) is 16.3 Å². The van der Waals surface area contributed by atoms with Crippen LogP contribution in [0.25, 0.3) is 0 Å². The molecule has 0 fully saturated rings. The Morgan fingerprint density at radius 3 is 2.74 bits per heavy atom. The van der Waals surface area contributed by atoms with Crippen molar-refractivity contribution in [1.82, 2.24) is 20.7 Å². The van der Waals surface area contributed by atoms with Gasteiger partial charge in [-0.15, -0.1) is 0 Å². The van der Waals surface area contributed by atoms with Gasteiger partial charge in [0.05, 0.1) is 17.6 Å². The summed E-state index contributed by atoms with van der Waals surface area (Å²) >= 11 is 5.93. The fourth-order valence-corrected chi connectivity index (χ4v) is 2.82. The SMILES string of the molecule is O=C(N[C@@H](Cc1cnc[nH]1)C(=O)N/N=C\c1c(F)cccc1Cl)OCc1ccccc1. The summed E-state index contributed by atoms with van der Waals surface area (Å²) in [4.78, 5) is 31.5. The molecular formula is C21H19ClFN5O3. The van der Waals surface area contributed by atoms with E-state index in [9.17, 15) is 14.0 Å². The number of imidazole rings is 1. The quantitative estimate of drug-likeness (QED) is 0.367. The minimum atomic E-state index is -1.02. The lowest BCUT2D eigenvalue weighted by molar-refractivity contribution is -0.123. The highest BCUT2D eigenvalue weighted by atomic mass is 35.5. The predicted octanol–water partition coefficient (Wildman–Crippen LogP) is 3.19.